The third kappa shape index (κ3) is 1.65. The number of hydrogen-bond acceptors (Lipinski definition) is 3. The summed E-state index contributed by atoms with van der Waals surface area (Å²) in [6, 6.07) is 3.85. The van der Waals surface area contributed by atoms with Gasteiger partial charge in [0.05, 0.1) is 11.7 Å². The van der Waals surface area contributed by atoms with Crippen molar-refractivity contribution in [3.8, 4) is 0 Å². The predicted octanol–water partition coefficient (Wildman–Crippen LogP) is 1.50. The minimum absolute atomic E-state index is 0.614. The van der Waals surface area contributed by atoms with Crippen LogP contribution in [-0.2, 0) is 11.2 Å². The second-order valence-corrected chi connectivity index (χ2v) is 4.36. The molecule has 1 atom stereocenters. The Bertz CT molecular complexity index is 500. The molecule has 1 unspecified atom stereocenters. The van der Waals surface area contributed by atoms with E-state index in [1.54, 1.807) is 0 Å². The van der Waals surface area contributed by atoms with Gasteiger partial charge in [0.15, 0.2) is 0 Å². The van der Waals surface area contributed by atoms with E-state index >= 15 is 0 Å². The topological polar surface area (TPSA) is 52.5 Å². The van der Waals surface area contributed by atoms with Crippen LogP contribution in [0.2, 0.25) is 0 Å². The number of hydrogen-bond donors (Lipinski definition) is 1. The van der Waals surface area contributed by atoms with Crippen molar-refractivity contribution < 1.29 is 4.74 Å². The lowest BCUT2D eigenvalue weighted by Crippen LogP contribution is -2.07. The quantitative estimate of drug-likeness (QED) is 0.829. The van der Waals surface area contributed by atoms with Crippen LogP contribution < -0.4 is 5.73 Å². The lowest BCUT2D eigenvalue weighted by molar-refractivity contribution is 0.185. The second kappa shape index (κ2) is 3.79. The van der Waals surface area contributed by atoms with Gasteiger partial charge in [-0.1, -0.05) is 0 Å². The van der Waals surface area contributed by atoms with Crippen molar-refractivity contribution in [1.82, 2.24) is 9.38 Å². The van der Waals surface area contributed by atoms with E-state index in [0.717, 1.165) is 43.1 Å². The Morgan fingerprint density at radius 3 is 3.31 bits per heavy atom. The number of anilines is 1. The SMILES string of the molecule is Nc1ccn2c(CC3CCOC3)ncc2c1. The molecule has 1 aliphatic rings. The van der Waals surface area contributed by atoms with Crippen LogP contribution in [0.25, 0.3) is 5.52 Å². The van der Waals surface area contributed by atoms with E-state index in [9.17, 15) is 0 Å². The molecule has 0 radical (unpaired) electrons. The highest BCUT2D eigenvalue weighted by atomic mass is 16.5. The Morgan fingerprint density at radius 1 is 1.56 bits per heavy atom. The first kappa shape index (κ1) is 9.66. The summed E-state index contributed by atoms with van der Waals surface area (Å²) in [6.07, 6.45) is 5.99. The molecule has 1 aliphatic heterocycles. The van der Waals surface area contributed by atoms with Crippen LogP contribution in [0.5, 0.6) is 0 Å². The molecular weight excluding hydrogens is 202 g/mol. The summed E-state index contributed by atoms with van der Waals surface area (Å²) >= 11 is 0. The number of fused-ring (bicyclic) bond motifs is 1. The maximum atomic E-state index is 5.74. The van der Waals surface area contributed by atoms with E-state index in [1.165, 1.54) is 0 Å². The molecule has 4 heteroatoms. The molecule has 1 fully saturated rings. The number of pyridine rings is 1. The molecule has 84 valence electrons. The fourth-order valence-electron chi connectivity index (χ4n) is 2.23. The molecule has 0 aliphatic carbocycles. The summed E-state index contributed by atoms with van der Waals surface area (Å²) in [5.74, 6) is 1.72. The van der Waals surface area contributed by atoms with E-state index in [0.29, 0.717) is 5.92 Å². The molecule has 0 amide bonds. The minimum Gasteiger partial charge on any atom is -0.399 e. The fraction of sp³-hybridized carbons (Fsp3) is 0.417. The zero-order valence-electron chi connectivity index (χ0n) is 9.10. The number of nitrogen functional groups attached to an aromatic ring is 1. The zero-order chi connectivity index (χ0) is 11.0. The van der Waals surface area contributed by atoms with E-state index in [-0.39, 0.29) is 0 Å². The van der Waals surface area contributed by atoms with E-state index < -0.39 is 0 Å². The monoisotopic (exact) mass is 217 g/mol. The smallest absolute Gasteiger partial charge is 0.113 e. The van der Waals surface area contributed by atoms with Gasteiger partial charge in [0, 0.05) is 31.5 Å². The molecule has 2 N–H and O–H groups in total. The van der Waals surface area contributed by atoms with Crippen LogP contribution in [0.4, 0.5) is 5.69 Å². The van der Waals surface area contributed by atoms with Crippen molar-refractivity contribution in [3.63, 3.8) is 0 Å². The molecule has 0 spiro atoms. The second-order valence-electron chi connectivity index (χ2n) is 4.36. The van der Waals surface area contributed by atoms with Gasteiger partial charge >= 0.3 is 0 Å². The first-order valence-corrected chi connectivity index (χ1v) is 5.62. The van der Waals surface area contributed by atoms with Crippen LogP contribution in [0.3, 0.4) is 0 Å². The summed E-state index contributed by atoms with van der Waals surface area (Å²) in [7, 11) is 0. The molecule has 3 heterocycles. The molecule has 16 heavy (non-hydrogen) atoms. The maximum Gasteiger partial charge on any atom is 0.113 e. The molecule has 2 aromatic rings. The summed E-state index contributed by atoms with van der Waals surface area (Å²) < 4.78 is 7.49. The number of imidazole rings is 1. The molecule has 0 bridgehead atoms. The van der Waals surface area contributed by atoms with Gasteiger partial charge in [0.2, 0.25) is 0 Å². The zero-order valence-corrected chi connectivity index (χ0v) is 9.10. The van der Waals surface area contributed by atoms with Crippen LogP contribution >= 0.6 is 0 Å². The van der Waals surface area contributed by atoms with Gasteiger partial charge in [-0.2, -0.15) is 0 Å². The molecular formula is C12H15N3O. The van der Waals surface area contributed by atoms with Gasteiger partial charge < -0.3 is 14.9 Å². The van der Waals surface area contributed by atoms with Gasteiger partial charge in [-0.15, -0.1) is 0 Å². The largest absolute Gasteiger partial charge is 0.399 e. The Labute approximate surface area is 94.0 Å². The van der Waals surface area contributed by atoms with Crippen LogP contribution in [-0.4, -0.2) is 22.6 Å². The molecule has 0 saturated carbocycles. The van der Waals surface area contributed by atoms with E-state index in [4.69, 9.17) is 10.5 Å². The Balaban J connectivity index is 1.91. The summed E-state index contributed by atoms with van der Waals surface area (Å²) in [4.78, 5) is 4.45. The highest BCUT2D eigenvalue weighted by Crippen LogP contribution is 2.19. The van der Waals surface area contributed by atoms with Crippen molar-refractivity contribution in [2.75, 3.05) is 18.9 Å². The first-order valence-electron chi connectivity index (χ1n) is 5.62. The van der Waals surface area contributed by atoms with E-state index in [2.05, 4.69) is 9.38 Å². The number of rotatable bonds is 2. The van der Waals surface area contributed by atoms with Crippen LogP contribution in [0.15, 0.2) is 24.5 Å². The minimum atomic E-state index is 0.614. The van der Waals surface area contributed by atoms with Crippen LogP contribution in [0.1, 0.15) is 12.2 Å². The average molecular weight is 217 g/mol. The molecule has 0 aromatic carbocycles. The van der Waals surface area contributed by atoms with Crippen molar-refractivity contribution in [1.29, 1.82) is 0 Å². The summed E-state index contributed by atoms with van der Waals surface area (Å²) in [5.41, 5.74) is 7.58. The number of ether oxygens (including phenoxy) is 1. The van der Waals surface area contributed by atoms with Gasteiger partial charge in [-0.25, -0.2) is 4.98 Å². The number of nitrogens with two attached hydrogens (primary N) is 1. The maximum absolute atomic E-state index is 5.74. The fourth-order valence-corrected chi connectivity index (χ4v) is 2.23. The lowest BCUT2D eigenvalue weighted by Gasteiger charge is -2.06. The van der Waals surface area contributed by atoms with Gasteiger partial charge in [0.25, 0.3) is 0 Å². The standard InChI is InChI=1S/C12H15N3O/c13-10-1-3-15-11(6-10)7-14-12(15)5-9-2-4-16-8-9/h1,3,6-7,9H,2,4-5,8,13H2. The average Bonchev–Trinajstić information content (AvgIpc) is 2.89. The lowest BCUT2D eigenvalue weighted by atomic mass is 10.1. The van der Waals surface area contributed by atoms with Crippen molar-refractivity contribution in [2.45, 2.75) is 12.8 Å². The molecule has 4 nitrogen and oxygen atoms in total. The third-order valence-corrected chi connectivity index (χ3v) is 3.13. The van der Waals surface area contributed by atoms with E-state index in [1.807, 2.05) is 24.5 Å². The molecule has 3 rings (SSSR count). The van der Waals surface area contributed by atoms with Crippen molar-refractivity contribution in [2.24, 2.45) is 5.92 Å². The highest BCUT2D eigenvalue weighted by Gasteiger charge is 2.18. The molecule has 1 saturated heterocycles. The first-order chi connectivity index (χ1) is 7.83. The van der Waals surface area contributed by atoms with Gasteiger partial charge in [-0.05, 0) is 24.5 Å². The highest BCUT2D eigenvalue weighted by molar-refractivity contribution is 5.55. The number of aromatic nitrogens is 2. The number of nitrogens with zero attached hydrogens (tertiary/aromatic N) is 2. The normalized spacial score (nSPS) is 20.6. The predicted molar refractivity (Wildman–Crippen MR) is 62.2 cm³/mol. The van der Waals surface area contributed by atoms with Crippen LogP contribution in [0, 0.1) is 5.92 Å². The van der Waals surface area contributed by atoms with Gasteiger partial charge in [0.1, 0.15) is 5.82 Å². The Kier molecular flexibility index (Phi) is 2.29. The summed E-state index contributed by atoms with van der Waals surface area (Å²) in [5, 5.41) is 0. The van der Waals surface area contributed by atoms with Crippen molar-refractivity contribution >= 4 is 11.2 Å². The van der Waals surface area contributed by atoms with Gasteiger partial charge in [-0.3, -0.25) is 0 Å². The van der Waals surface area contributed by atoms with Crippen molar-refractivity contribution in [3.05, 3.63) is 30.4 Å². The molecule has 2 aromatic heterocycles. The Hall–Kier alpha value is -1.55. The Morgan fingerprint density at radius 2 is 2.50 bits per heavy atom. The summed E-state index contributed by atoms with van der Waals surface area (Å²) in [6.45, 7) is 1.75. The third-order valence-electron chi connectivity index (χ3n) is 3.13.